The van der Waals surface area contributed by atoms with E-state index in [0.29, 0.717) is 18.4 Å². The van der Waals surface area contributed by atoms with Crippen molar-refractivity contribution in [2.75, 3.05) is 6.54 Å². The number of likely N-dealkylation sites (tertiary alicyclic amines) is 1. The van der Waals surface area contributed by atoms with Gasteiger partial charge in [-0.05, 0) is 24.2 Å². The quantitative estimate of drug-likeness (QED) is 0.823. The lowest BCUT2D eigenvalue weighted by Crippen LogP contribution is -2.44. The predicted molar refractivity (Wildman–Crippen MR) is 71.6 cm³/mol. The number of rotatable bonds is 3. The summed E-state index contributed by atoms with van der Waals surface area (Å²) in [6, 6.07) is 0.373. The van der Waals surface area contributed by atoms with Crippen molar-refractivity contribution < 1.29 is 4.79 Å². The maximum Gasteiger partial charge on any atom is 0.224 e. The van der Waals surface area contributed by atoms with Gasteiger partial charge < -0.3 is 10.6 Å². The van der Waals surface area contributed by atoms with Gasteiger partial charge in [-0.3, -0.25) is 4.79 Å². The summed E-state index contributed by atoms with van der Waals surface area (Å²) in [7, 11) is 0. The number of hydrogen-bond acceptors (Lipinski definition) is 2. The van der Waals surface area contributed by atoms with Crippen molar-refractivity contribution in [2.24, 2.45) is 17.1 Å². The normalized spacial score (nSPS) is 23.2. The van der Waals surface area contributed by atoms with Gasteiger partial charge in [0.1, 0.15) is 0 Å². The van der Waals surface area contributed by atoms with Crippen LogP contribution in [0.5, 0.6) is 0 Å². The predicted octanol–water partition coefficient (Wildman–Crippen LogP) is 2.40. The average molecular weight is 240 g/mol. The molecule has 0 aromatic heterocycles. The molecule has 17 heavy (non-hydrogen) atoms. The second-order valence-electron chi connectivity index (χ2n) is 6.72. The Bertz CT molecular complexity index is 268. The molecule has 2 N–H and O–H groups in total. The number of hydrogen-bond donors (Lipinski definition) is 1. The van der Waals surface area contributed by atoms with Crippen molar-refractivity contribution in [3.8, 4) is 0 Å². The largest absolute Gasteiger partial charge is 0.339 e. The Kier molecular flexibility index (Phi) is 4.59. The van der Waals surface area contributed by atoms with E-state index >= 15 is 0 Å². The molecule has 0 saturated carbocycles. The molecule has 0 bridgehead atoms. The Labute approximate surface area is 106 Å². The van der Waals surface area contributed by atoms with E-state index in [9.17, 15) is 4.79 Å². The lowest BCUT2D eigenvalue weighted by Gasteiger charge is -2.32. The number of carbonyl (C=O) groups excluding carboxylic acids is 1. The van der Waals surface area contributed by atoms with E-state index in [-0.39, 0.29) is 17.4 Å². The Morgan fingerprint density at radius 2 is 2.00 bits per heavy atom. The van der Waals surface area contributed by atoms with Crippen LogP contribution in [0.2, 0.25) is 0 Å². The van der Waals surface area contributed by atoms with Crippen LogP contribution < -0.4 is 5.73 Å². The van der Waals surface area contributed by atoms with Gasteiger partial charge in [0.05, 0.1) is 0 Å². The van der Waals surface area contributed by atoms with Crippen LogP contribution in [0.25, 0.3) is 0 Å². The number of amides is 1. The molecule has 3 heteroatoms. The van der Waals surface area contributed by atoms with Crippen LogP contribution in [0.3, 0.4) is 0 Å². The van der Waals surface area contributed by atoms with Gasteiger partial charge in [-0.25, -0.2) is 0 Å². The van der Waals surface area contributed by atoms with Crippen LogP contribution in [0, 0.1) is 11.3 Å². The fraction of sp³-hybridized carbons (Fsp3) is 0.929. The first-order valence-electron chi connectivity index (χ1n) is 6.78. The molecule has 0 radical (unpaired) electrons. The van der Waals surface area contributed by atoms with Gasteiger partial charge >= 0.3 is 0 Å². The zero-order valence-corrected chi connectivity index (χ0v) is 12.0. The molecule has 1 aliphatic rings. The molecule has 0 aromatic carbocycles. The molecule has 1 rings (SSSR count). The summed E-state index contributed by atoms with van der Waals surface area (Å²) in [5.74, 6) is 0.788. The highest BCUT2D eigenvalue weighted by atomic mass is 16.2. The van der Waals surface area contributed by atoms with Crippen LogP contribution in [0.1, 0.15) is 53.9 Å². The molecule has 100 valence electrons. The van der Waals surface area contributed by atoms with Gasteiger partial charge in [0.25, 0.3) is 0 Å². The van der Waals surface area contributed by atoms with E-state index in [0.717, 1.165) is 19.4 Å². The van der Waals surface area contributed by atoms with E-state index in [1.807, 2.05) is 0 Å². The third-order valence-corrected chi connectivity index (χ3v) is 3.90. The van der Waals surface area contributed by atoms with Crippen molar-refractivity contribution in [2.45, 2.75) is 66.0 Å². The molecule has 1 aliphatic heterocycles. The van der Waals surface area contributed by atoms with Gasteiger partial charge in [-0.2, -0.15) is 0 Å². The summed E-state index contributed by atoms with van der Waals surface area (Å²) in [6.45, 7) is 11.6. The Hall–Kier alpha value is -0.570. The van der Waals surface area contributed by atoms with E-state index in [4.69, 9.17) is 5.73 Å². The van der Waals surface area contributed by atoms with E-state index in [1.54, 1.807) is 0 Å². The van der Waals surface area contributed by atoms with Gasteiger partial charge in [0, 0.05) is 25.0 Å². The third-order valence-electron chi connectivity index (χ3n) is 3.90. The second kappa shape index (κ2) is 5.38. The SMILES string of the molecule is CC(C)C1CCCN1C(=O)CC(N)C(C)(C)C. The second-order valence-corrected chi connectivity index (χ2v) is 6.72. The molecule has 2 atom stereocenters. The molecule has 2 unspecified atom stereocenters. The van der Waals surface area contributed by atoms with Crippen molar-refractivity contribution in [3.05, 3.63) is 0 Å². The van der Waals surface area contributed by atoms with Gasteiger partial charge in [-0.15, -0.1) is 0 Å². The summed E-state index contributed by atoms with van der Waals surface area (Å²) in [6.07, 6.45) is 2.76. The van der Waals surface area contributed by atoms with Crippen LogP contribution >= 0.6 is 0 Å². The maximum absolute atomic E-state index is 12.3. The van der Waals surface area contributed by atoms with Gasteiger partial charge in [0.2, 0.25) is 5.91 Å². The highest BCUT2D eigenvalue weighted by Crippen LogP contribution is 2.26. The topological polar surface area (TPSA) is 46.3 Å². The fourth-order valence-electron chi connectivity index (χ4n) is 2.41. The minimum absolute atomic E-state index is 0.00269. The number of nitrogens with zero attached hydrogens (tertiary/aromatic N) is 1. The van der Waals surface area contributed by atoms with Crippen LogP contribution in [-0.2, 0) is 4.79 Å². The third kappa shape index (κ3) is 3.70. The standard InChI is InChI=1S/C14H28N2O/c1-10(2)11-7-6-8-16(11)13(17)9-12(15)14(3,4)5/h10-12H,6-9,15H2,1-5H3. The first kappa shape index (κ1) is 14.5. The van der Waals surface area contributed by atoms with Gasteiger partial charge in [-0.1, -0.05) is 34.6 Å². The highest BCUT2D eigenvalue weighted by molar-refractivity contribution is 5.77. The molecular weight excluding hydrogens is 212 g/mol. The van der Waals surface area contributed by atoms with Crippen molar-refractivity contribution in [3.63, 3.8) is 0 Å². The van der Waals surface area contributed by atoms with Crippen LogP contribution in [0.15, 0.2) is 0 Å². The molecule has 1 amide bonds. The summed E-state index contributed by atoms with van der Waals surface area (Å²) in [5, 5.41) is 0. The summed E-state index contributed by atoms with van der Waals surface area (Å²) < 4.78 is 0. The zero-order valence-electron chi connectivity index (χ0n) is 12.0. The number of carbonyl (C=O) groups is 1. The zero-order chi connectivity index (χ0) is 13.2. The van der Waals surface area contributed by atoms with Crippen molar-refractivity contribution in [1.82, 2.24) is 4.90 Å². The molecule has 1 heterocycles. The number of nitrogens with two attached hydrogens (primary N) is 1. The molecule has 0 aromatic rings. The summed E-state index contributed by atoms with van der Waals surface area (Å²) in [4.78, 5) is 14.3. The smallest absolute Gasteiger partial charge is 0.224 e. The van der Waals surface area contributed by atoms with Crippen molar-refractivity contribution >= 4 is 5.91 Å². The summed E-state index contributed by atoms with van der Waals surface area (Å²) >= 11 is 0. The lowest BCUT2D eigenvalue weighted by molar-refractivity contribution is -0.133. The fourth-order valence-corrected chi connectivity index (χ4v) is 2.41. The first-order valence-corrected chi connectivity index (χ1v) is 6.78. The molecule has 3 nitrogen and oxygen atoms in total. The van der Waals surface area contributed by atoms with E-state index < -0.39 is 0 Å². The van der Waals surface area contributed by atoms with Crippen molar-refractivity contribution in [1.29, 1.82) is 0 Å². The Morgan fingerprint density at radius 3 is 2.47 bits per heavy atom. The monoisotopic (exact) mass is 240 g/mol. The minimum Gasteiger partial charge on any atom is -0.339 e. The summed E-state index contributed by atoms with van der Waals surface area (Å²) in [5.41, 5.74) is 6.10. The molecular formula is C14H28N2O. The maximum atomic E-state index is 12.3. The van der Waals surface area contributed by atoms with Gasteiger partial charge in [0.15, 0.2) is 0 Å². The molecule has 1 saturated heterocycles. The van der Waals surface area contributed by atoms with E-state index in [1.165, 1.54) is 0 Å². The highest BCUT2D eigenvalue weighted by Gasteiger charge is 2.33. The molecule has 0 spiro atoms. The Morgan fingerprint density at radius 1 is 1.41 bits per heavy atom. The molecule has 0 aliphatic carbocycles. The van der Waals surface area contributed by atoms with E-state index in [2.05, 4.69) is 39.5 Å². The minimum atomic E-state index is -0.0524. The Balaban J connectivity index is 2.58. The molecule has 1 fully saturated rings. The van der Waals surface area contributed by atoms with Crippen LogP contribution in [-0.4, -0.2) is 29.4 Å². The van der Waals surface area contributed by atoms with Crippen LogP contribution in [0.4, 0.5) is 0 Å². The first-order chi connectivity index (χ1) is 7.73. The lowest BCUT2D eigenvalue weighted by atomic mass is 9.85. The average Bonchev–Trinajstić information content (AvgIpc) is 2.63.